The van der Waals surface area contributed by atoms with Crippen molar-refractivity contribution in [3.05, 3.63) is 99.4 Å². The van der Waals surface area contributed by atoms with Crippen LogP contribution in [0.5, 0.6) is 17.2 Å². The van der Waals surface area contributed by atoms with Crippen molar-refractivity contribution in [3.63, 3.8) is 0 Å². The lowest BCUT2D eigenvalue weighted by atomic mass is 10.0. The predicted molar refractivity (Wildman–Crippen MR) is 156 cm³/mol. The van der Waals surface area contributed by atoms with E-state index in [-0.39, 0.29) is 35.3 Å². The number of methoxy groups -OCH3 is 3. The van der Waals surface area contributed by atoms with Crippen molar-refractivity contribution in [1.29, 1.82) is 0 Å². The molecule has 4 aromatic rings. The van der Waals surface area contributed by atoms with Gasteiger partial charge in [-0.2, -0.15) is 0 Å². The van der Waals surface area contributed by atoms with Gasteiger partial charge in [0, 0.05) is 24.6 Å². The van der Waals surface area contributed by atoms with Crippen LogP contribution in [-0.2, 0) is 22.4 Å². The summed E-state index contributed by atoms with van der Waals surface area (Å²) >= 11 is 0. The average Bonchev–Trinajstić information content (AvgIpc) is 3.02. The summed E-state index contributed by atoms with van der Waals surface area (Å²) in [6.45, 7) is 1.67. The minimum atomic E-state index is -1.22. The molecule has 218 valence electrons. The summed E-state index contributed by atoms with van der Waals surface area (Å²) in [5, 5.41) is 5.46. The second kappa shape index (κ2) is 13.5. The Balaban J connectivity index is 1.55. The molecule has 0 aliphatic heterocycles. The van der Waals surface area contributed by atoms with Crippen molar-refractivity contribution in [2.75, 3.05) is 27.9 Å². The van der Waals surface area contributed by atoms with Gasteiger partial charge < -0.3 is 29.3 Å². The van der Waals surface area contributed by atoms with Crippen LogP contribution in [0, 0.1) is 6.92 Å². The van der Waals surface area contributed by atoms with Gasteiger partial charge in [-0.15, -0.1) is 0 Å². The second-order valence-electron chi connectivity index (χ2n) is 9.52. The lowest BCUT2D eigenvalue weighted by Crippen LogP contribution is -2.49. The van der Waals surface area contributed by atoms with Crippen LogP contribution in [0.2, 0.25) is 0 Å². The van der Waals surface area contributed by atoms with E-state index in [1.54, 1.807) is 31.4 Å². The number of ether oxygens (including phenoxy) is 3. The third kappa shape index (κ3) is 6.77. The Morgan fingerprint density at radius 2 is 1.52 bits per heavy atom. The number of ketones is 1. The Labute approximate surface area is 242 Å². The zero-order valence-corrected chi connectivity index (χ0v) is 23.8. The molecule has 2 amide bonds. The summed E-state index contributed by atoms with van der Waals surface area (Å²) in [5.74, 6) is -1.37. The van der Waals surface area contributed by atoms with Gasteiger partial charge in [0.25, 0.3) is 11.8 Å². The van der Waals surface area contributed by atoms with Gasteiger partial charge in [-0.3, -0.25) is 19.2 Å². The fraction of sp³-hybridized carbons (Fsp3) is 0.250. The third-order valence-corrected chi connectivity index (χ3v) is 6.82. The molecule has 1 atom stereocenters. The molecule has 0 radical (unpaired) electrons. The number of amides is 2. The monoisotopic (exact) mass is 572 g/mol. The maximum Gasteiger partial charge on any atom is 0.289 e. The summed E-state index contributed by atoms with van der Waals surface area (Å²) in [4.78, 5) is 52.7. The first-order valence-electron chi connectivity index (χ1n) is 13.2. The zero-order chi connectivity index (χ0) is 30.2. The average molecular weight is 573 g/mol. The van der Waals surface area contributed by atoms with Crippen LogP contribution in [0.4, 0.5) is 0 Å². The Kier molecular flexibility index (Phi) is 9.59. The normalized spacial score (nSPS) is 11.4. The number of Topliss-reactive ketones (excluding diaryl/α,β-unsaturated/α-hetero) is 1. The quantitative estimate of drug-likeness (QED) is 0.247. The Morgan fingerprint density at radius 3 is 2.17 bits per heavy atom. The Morgan fingerprint density at radius 1 is 0.857 bits per heavy atom. The molecule has 0 aliphatic carbocycles. The van der Waals surface area contributed by atoms with Crippen LogP contribution in [0.1, 0.15) is 27.2 Å². The number of nitrogens with one attached hydrogen (secondary N) is 2. The van der Waals surface area contributed by atoms with Crippen LogP contribution >= 0.6 is 0 Å². The molecule has 0 unspecified atom stereocenters. The number of benzene rings is 3. The first-order valence-corrected chi connectivity index (χ1v) is 13.2. The highest BCUT2D eigenvalue weighted by atomic mass is 16.5. The number of hydrogen-bond donors (Lipinski definition) is 2. The van der Waals surface area contributed by atoms with Crippen molar-refractivity contribution >= 4 is 28.6 Å². The number of carbonyl (C=O) groups is 3. The summed E-state index contributed by atoms with van der Waals surface area (Å²) in [6.07, 6.45) is 0.549. The SMILES string of the molecule is COc1ccc(CCNC(=O)C(=O)[C@H](Cc2ccccc2)NC(=O)c2oc3cc(OC)c(OC)cc3c(=O)c2C)cc1. The van der Waals surface area contributed by atoms with Crippen molar-refractivity contribution < 1.29 is 33.0 Å². The topological polar surface area (TPSA) is 133 Å². The molecule has 0 saturated carbocycles. The van der Waals surface area contributed by atoms with Crippen LogP contribution in [-0.4, -0.2) is 51.5 Å². The van der Waals surface area contributed by atoms with Crippen LogP contribution < -0.4 is 30.3 Å². The number of hydrogen-bond acceptors (Lipinski definition) is 8. The standard InChI is InChI=1S/C32H32N2O8/c1-19-28(35)23-17-26(40-3)27(41-4)18-25(23)42-30(19)32(38)34-24(16-21-8-6-5-7-9-21)29(36)31(37)33-15-14-20-10-12-22(39-2)13-11-20/h5-13,17-18,24H,14-16H2,1-4H3,(H,33,37)(H,34,38)/t24-/m0/s1. The molecule has 2 N–H and O–H groups in total. The van der Waals surface area contributed by atoms with Gasteiger partial charge in [-0.25, -0.2) is 0 Å². The van der Waals surface area contributed by atoms with Gasteiger partial charge in [-0.1, -0.05) is 42.5 Å². The van der Waals surface area contributed by atoms with Crippen molar-refractivity contribution in [3.8, 4) is 17.2 Å². The van der Waals surface area contributed by atoms with E-state index in [1.807, 2.05) is 30.3 Å². The highest BCUT2D eigenvalue weighted by Crippen LogP contribution is 2.31. The second-order valence-corrected chi connectivity index (χ2v) is 9.52. The maximum absolute atomic E-state index is 13.4. The van der Waals surface area contributed by atoms with Gasteiger partial charge in [0.1, 0.15) is 17.4 Å². The minimum Gasteiger partial charge on any atom is -0.497 e. The van der Waals surface area contributed by atoms with Crippen LogP contribution in [0.3, 0.4) is 0 Å². The number of carbonyl (C=O) groups excluding carboxylic acids is 3. The van der Waals surface area contributed by atoms with Gasteiger partial charge >= 0.3 is 0 Å². The molecule has 0 fully saturated rings. The van der Waals surface area contributed by atoms with Crippen LogP contribution in [0.25, 0.3) is 11.0 Å². The zero-order valence-electron chi connectivity index (χ0n) is 23.8. The Bertz CT molecular complexity index is 1650. The first-order chi connectivity index (χ1) is 20.2. The first kappa shape index (κ1) is 29.9. The summed E-state index contributed by atoms with van der Waals surface area (Å²) in [6, 6.07) is 18.1. The van der Waals surface area contributed by atoms with E-state index in [2.05, 4.69) is 10.6 Å². The fourth-order valence-corrected chi connectivity index (χ4v) is 4.47. The number of rotatable bonds is 12. The molecular weight excluding hydrogens is 540 g/mol. The minimum absolute atomic E-state index is 0.0436. The lowest BCUT2D eigenvalue weighted by molar-refractivity contribution is -0.138. The summed E-state index contributed by atoms with van der Waals surface area (Å²) in [7, 11) is 4.46. The smallest absolute Gasteiger partial charge is 0.289 e. The molecule has 1 aromatic heterocycles. The largest absolute Gasteiger partial charge is 0.497 e. The molecule has 42 heavy (non-hydrogen) atoms. The van der Waals surface area contributed by atoms with E-state index >= 15 is 0 Å². The molecule has 0 spiro atoms. The van der Waals surface area contributed by atoms with E-state index < -0.39 is 29.1 Å². The molecule has 0 bridgehead atoms. The summed E-state index contributed by atoms with van der Waals surface area (Å²) in [5.41, 5.74) is 1.40. The molecule has 3 aromatic carbocycles. The number of fused-ring (bicyclic) bond motifs is 1. The van der Waals surface area contributed by atoms with E-state index in [1.165, 1.54) is 33.3 Å². The molecule has 4 rings (SSSR count). The van der Waals surface area contributed by atoms with E-state index in [0.717, 1.165) is 11.1 Å². The van der Waals surface area contributed by atoms with Crippen molar-refractivity contribution in [2.45, 2.75) is 25.8 Å². The van der Waals surface area contributed by atoms with Gasteiger partial charge in [0.2, 0.25) is 5.78 Å². The highest BCUT2D eigenvalue weighted by Gasteiger charge is 2.29. The van der Waals surface area contributed by atoms with E-state index in [0.29, 0.717) is 23.7 Å². The summed E-state index contributed by atoms with van der Waals surface area (Å²) < 4.78 is 21.5. The van der Waals surface area contributed by atoms with Gasteiger partial charge in [-0.05, 0) is 42.7 Å². The van der Waals surface area contributed by atoms with E-state index in [4.69, 9.17) is 18.6 Å². The van der Waals surface area contributed by atoms with Crippen molar-refractivity contribution in [2.24, 2.45) is 0 Å². The maximum atomic E-state index is 13.4. The van der Waals surface area contributed by atoms with Crippen molar-refractivity contribution in [1.82, 2.24) is 10.6 Å². The Hall–Kier alpha value is -5.12. The highest BCUT2D eigenvalue weighted by molar-refractivity contribution is 6.38. The third-order valence-electron chi connectivity index (χ3n) is 6.82. The van der Waals surface area contributed by atoms with E-state index in [9.17, 15) is 19.2 Å². The molecular formula is C32H32N2O8. The predicted octanol–water partition coefficient (Wildman–Crippen LogP) is 3.40. The fourth-order valence-electron chi connectivity index (χ4n) is 4.47. The van der Waals surface area contributed by atoms with Gasteiger partial charge in [0.05, 0.1) is 26.7 Å². The van der Waals surface area contributed by atoms with Crippen LogP contribution in [0.15, 0.2) is 75.9 Å². The van der Waals surface area contributed by atoms with Gasteiger partial charge in [0.15, 0.2) is 22.7 Å². The molecule has 0 saturated heterocycles. The molecule has 0 aliphatic rings. The molecule has 1 heterocycles. The molecule has 10 nitrogen and oxygen atoms in total. The lowest BCUT2D eigenvalue weighted by Gasteiger charge is -2.18. The molecule has 10 heteroatoms.